The van der Waals surface area contributed by atoms with Crippen molar-refractivity contribution in [2.45, 2.75) is 20.3 Å². The van der Waals surface area contributed by atoms with Crippen LogP contribution in [0.5, 0.6) is 0 Å². The van der Waals surface area contributed by atoms with E-state index in [4.69, 9.17) is 9.97 Å². The average Bonchev–Trinajstić information content (AvgIpc) is 3.01. The highest BCUT2D eigenvalue weighted by atomic mass is 14.8. The van der Waals surface area contributed by atoms with E-state index in [9.17, 15) is 0 Å². The van der Waals surface area contributed by atoms with Crippen molar-refractivity contribution in [1.29, 1.82) is 0 Å². The summed E-state index contributed by atoms with van der Waals surface area (Å²) < 4.78 is 0. The Morgan fingerprint density at radius 3 is 1.67 bits per heavy atom. The third-order valence-electron chi connectivity index (χ3n) is 7.06. The Balaban J connectivity index is 1.76. The van der Waals surface area contributed by atoms with E-state index in [1.807, 2.05) is 6.07 Å². The summed E-state index contributed by atoms with van der Waals surface area (Å²) in [6.07, 6.45) is 7.41. The van der Waals surface area contributed by atoms with Crippen molar-refractivity contribution in [3.05, 3.63) is 139 Å². The van der Waals surface area contributed by atoms with Gasteiger partial charge in [0.05, 0.1) is 22.4 Å². The molecule has 0 radical (unpaired) electrons. The number of allylic oxidation sites excluding steroid dienone is 4. The zero-order valence-electron chi connectivity index (χ0n) is 22.3. The Morgan fingerprint density at radius 1 is 0.615 bits per heavy atom. The molecule has 188 valence electrons. The van der Waals surface area contributed by atoms with E-state index >= 15 is 0 Å². The summed E-state index contributed by atoms with van der Waals surface area (Å²) in [5, 5.41) is 2.20. The van der Waals surface area contributed by atoms with E-state index in [0.29, 0.717) is 0 Å². The van der Waals surface area contributed by atoms with Gasteiger partial charge in [-0.2, -0.15) is 0 Å². The first kappa shape index (κ1) is 24.5. The minimum absolute atomic E-state index is 0.920. The summed E-state index contributed by atoms with van der Waals surface area (Å²) in [5.74, 6) is 0. The molecule has 0 unspecified atom stereocenters. The van der Waals surface area contributed by atoms with Gasteiger partial charge in [-0.1, -0.05) is 128 Å². The zero-order chi connectivity index (χ0) is 26.6. The topological polar surface area (TPSA) is 25.8 Å². The minimum atomic E-state index is 0.920. The molecular weight excluding hydrogens is 472 g/mol. The van der Waals surface area contributed by atoms with Gasteiger partial charge >= 0.3 is 0 Å². The molecule has 6 rings (SSSR count). The van der Waals surface area contributed by atoms with E-state index in [1.54, 1.807) is 0 Å². The van der Waals surface area contributed by atoms with Crippen LogP contribution in [-0.2, 0) is 0 Å². The van der Waals surface area contributed by atoms with E-state index in [2.05, 4.69) is 141 Å². The van der Waals surface area contributed by atoms with Crippen molar-refractivity contribution in [3.63, 3.8) is 0 Å². The summed E-state index contributed by atoms with van der Waals surface area (Å²) in [4.78, 5) is 10.6. The van der Waals surface area contributed by atoms with Gasteiger partial charge < -0.3 is 0 Å². The SMILES string of the molecule is C/C=C\C(=C/CC)c1cc(-c2ccccc2)c2ccc3c(-c4ccccc4)cc(-c4ccccc4)nc3c2n1. The predicted molar refractivity (Wildman–Crippen MR) is 166 cm³/mol. The lowest BCUT2D eigenvalue weighted by atomic mass is 9.93. The molecule has 0 bridgehead atoms. The molecule has 0 amide bonds. The van der Waals surface area contributed by atoms with Crippen molar-refractivity contribution in [1.82, 2.24) is 9.97 Å². The molecule has 0 aliphatic heterocycles. The summed E-state index contributed by atoms with van der Waals surface area (Å²) in [6, 6.07) is 40.4. The Morgan fingerprint density at radius 2 is 1.13 bits per heavy atom. The fourth-order valence-electron chi connectivity index (χ4n) is 5.25. The molecule has 0 atom stereocenters. The van der Waals surface area contributed by atoms with Crippen LogP contribution in [0.2, 0.25) is 0 Å². The highest BCUT2D eigenvalue weighted by Crippen LogP contribution is 2.38. The monoisotopic (exact) mass is 502 g/mol. The first-order valence-corrected chi connectivity index (χ1v) is 13.5. The molecular formula is C37H30N2. The van der Waals surface area contributed by atoms with Crippen LogP contribution in [0.1, 0.15) is 26.0 Å². The molecule has 2 aromatic heterocycles. The lowest BCUT2D eigenvalue weighted by Gasteiger charge is -2.15. The second-order valence-electron chi connectivity index (χ2n) is 9.63. The van der Waals surface area contributed by atoms with Gasteiger partial charge in [0.15, 0.2) is 0 Å². The lowest BCUT2D eigenvalue weighted by Crippen LogP contribution is -1.97. The van der Waals surface area contributed by atoms with Gasteiger partial charge in [0.25, 0.3) is 0 Å². The van der Waals surface area contributed by atoms with Crippen molar-refractivity contribution in [2.24, 2.45) is 0 Å². The molecule has 2 heterocycles. The van der Waals surface area contributed by atoms with Crippen molar-refractivity contribution in [3.8, 4) is 33.5 Å². The number of fused-ring (bicyclic) bond motifs is 3. The first-order valence-electron chi connectivity index (χ1n) is 13.5. The Hall–Kier alpha value is -4.82. The van der Waals surface area contributed by atoms with Crippen molar-refractivity contribution < 1.29 is 0 Å². The summed E-state index contributed by atoms with van der Waals surface area (Å²) in [6.45, 7) is 4.22. The molecule has 0 aliphatic rings. The molecule has 39 heavy (non-hydrogen) atoms. The largest absolute Gasteiger partial charge is 0.245 e. The number of rotatable bonds is 6. The van der Waals surface area contributed by atoms with E-state index in [0.717, 1.165) is 61.9 Å². The number of benzene rings is 4. The summed E-state index contributed by atoms with van der Waals surface area (Å²) in [5.41, 5.74) is 10.6. The first-order chi connectivity index (χ1) is 19.3. The molecule has 2 heteroatoms. The average molecular weight is 503 g/mol. The Kier molecular flexibility index (Phi) is 6.84. The third kappa shape index (κ3) is 4.78. The standard InChI is InChI=1S/C37H30N2/c1-3-14-28(15-4-2)34-24-32(26-16-8-5-9-17-26)30-22-23-31-33(27-18-10-6-11-19-27)25-35(29-20-12-7-13-21-29)39-37(31)36(30)38-34/h3,5-25H,4H2,1-2H3/b14-3-,28-15+. The van der Waals surface area contributed by atoms with Crippen LogP contribution >= 0.6 is 0 Å². The normalized spacial score (nSPS) is 12.0. The molecule has 0 aliphatic carbocycles. The molecule has 0 spiro atoms. The van der Waals surface area contributed by atoms with E-state index < -0.39 is 0 Å². The van der Waals surface area contributed by atoms with Crippen LogP contribution in [0.3, 0.4) is 0 Å². The fourth-order valence-corrected chi connectivity index (χ4v) is 5.25. The molecule has 4 aromatic carbocycles. The second kappa shape index (κ2) is 10.9. The quantitative estimate of drug-likeness (QED) is 0.167. The van der Waals surface area contributed by atoms with Crippen molar-refractivity contribution >= 4 is 27.4 Å². The maximum atomic E-state index is 5.31. The smallest absolute Gasteiger partial charge is 0.0978 e. The molecule has 0 saturated heterocycles. The second-order valence-corrected chi connectivity index (χ2v) is 9.63. The lowest BCUT2D eigenvalue weighted by molar-refractivity contribution is 1.22. The van der Waals surface area contributed by atoms with Crippen molar-refractivity contribution in [2.75, 3.05) is 0 Å². The predicted octanol–water partition coefficient (Wildman–Crippen LogP) is 10.2. The van der Waals surface area contributed by atoms with Crippen LogP contribution in [0.25, 0.3) is 60.9 Å². The van der Waals surface area contributed by atoms with Crippen LogP contribution in [0.15, 0.2) is 133 Å². The highest BCUT2D eigenvalue weighted by molar-refractivity contribution is 6.13. The zero-order valence-corrected chi connectivity index (χ0v) is 22.3. The molecule has 6 aromatic rings. The maximum Gasteiger partial charge on any atom is 0.0978 e. The van der Waals surface area contributed by atoms with Crippen LogP contribution in [0.4, 0.5) is 0 Å². The van der Waals surface area contributed by atoms with Crippen LogP contribution in [-0.4, -0.2) is 9.97 Å². The number of hydrogen-bond donors (Lipinski definition) is 0. The number of nitrogens with zero attached hydrogens (tertiary/aromatic N) is 2. The summed E-state index contributed by atoms with van der Waals surface area (Å²) in [7, 11) is 0. The molecule has 2 nitrogen and oxygen atoms in total. The Bertz CT molecular complexity index is 1820. The number of hydrogen-bond acceptors (Lipinski definition) is 2. The van der Waals surface area contributed by atoms with Gasteiger partial charge in [0.2, 0.25) is 0 Å². The van der Waals surface area contributed by atoms with Gasteiger partial charge in [-0.05, 0) is 53.3 Å². The van der Waals surface area contributed by atoms with Gasteiger partial charge in [0, 0.05) is 16.3 Å². The maximum absolute atomic E-state index is 5.31. The number of pyridine rings is 2. The minimum Gasteiger partial charge on any atom is -0.245 e. The van der Waals surface area contributed by atoms with Crippen LogP contribution < -0.4 is 0 Å². The van der Waals surface area contributed by atoms with Gasteiger partial charge in [-0.25, -0.2) is 9.97 Å². The van der Waals surface area contributed by atoms with Crippen LogP contribution in [0, 0.1) is 0 Å². The summed E-state index contributed by atoms with van der Waals surface area (Å²) >= 11 is 0. The Labute approximate surface area is 230 Å². The number of aromatic nitrogens is 2. The fraction of sp³-hybridized carbons (Fsp3) is 0.0811. The molecule has 0 saturated carbocycles. The van der Waals surface area contributed by atoms with E-state index in [1.165, 1.54) is 11.1 Å². The molecule has 0 fully saturated rings. The van der Waals surface area contributed by atoms with Gasteiger partial charge in [-0.3, -0.25) is 0 Å². The van der Waals surface area contributed by atoms with E-state index in [-0.39, 0.29) is 0 Å². The molecule has 0 N–H and O–H groups in total. The third-order valence-corrected chi connectivity index (χ3v) is 7.06. The van der Waals surface area contributed by atoms with Gasteiger partial charge in [0.1, 0.15) is 0 Å². The highest BCUT2D eigenvalue weighted by Gasteiger charge is 2.17. The van der Waals surface area contributed by atoms with Gasteiger partial charge in [-0.15, -0.1) is 0 Å².